The topological polar surface area (TPSA) is 52.6 Å². The molecule has 134 valence electrons. The fourth-order valence-corrected chi connectivity index (χ4v) is 2.90. The van der Waals surface area contributed by atoms with Crippen molar-refractivity contribution in [2.24, 2.45) is 0 Å². The Kier molecular flexibility index (Phi) is 7.10. The van der Waals surface area contributed by atoms with Gasteiger partial charge in [0.25, 0.3) is 0 Å². The standard InChI is InChI=1S/C20H25FN2O2/c1-3-23(4-2)19(16-8-6-5-7-9-16)20(25)22-13-15-10-11-18(21)17(12-15)14-24/h5-12,19,24H,3-4,13-14H2,1-2H3,(H,22,25). The maximum absolute atomic E-state index is 13.5. The van der Waals surface area contributed by atoms with Crippen LogP contribution in [0.5, 0.6) is 0 Å². The summed E-state index contributed by atoms with van der Waals surface area (Å²) in [5.74, 6) is -0.535. The summed E-state index contributed by atoms with van der Waals surface area (Å²) < 4.78 is 13.5. The van der Waals surface area contributed by atoms with Crippen LogP contribution < -0.4 is 5.32 Å². The number of rotatable bonds is 8. The monoisotopic (exact) mass is 344 g/mol. The molecule has 2 aromatic carbocycles. The number of carbonyl (C=O) groups excluding carboxylic acids is 1. The highest BCUT2D eigenvalue weighted by molar-refractivity contribution is 5.83. The van der Waals surface area contributed by atoms with Crippen molar-refractivity contribution in [2.75, 3.05) is 13.1 Å². The van der Waals surface area contributed by atoms with E-state index in [4.69, 9.17) is 5.11 Å². The van der Waals surface area contributed by atoms with Crippen LogP contribution in [0.2, 0.25) is 0 Å². The van der Waals surface area contributed by atoms with Gasteiger partial charge in [-0.25, -0.2) is 4.39 Å². The molecule has 0 heterocycles. The number of carbonyl (C=O) groups is 1. The van der Waals surface area contributed by atoms with Crippen LogP contribution in [-0.4, -0.2) is 29.0 Å². The van der Waals surface area contributed by atoms with Crippen LogP contribution >= 0.6 is 0 Å². The third-order valence-electron chi connectivity index (χ3n) is 4.29. The number of amides is 1. The van der Waals surface area contributed by atoms with E-state index in [2.05, 4.69) is 10.2 Å². The molecule has 2 rings (SSSR count). The highest BCUT2D eigenvalue weighted by Crippen LogP contribution is 2.21. The van der Waals surface area contributed by atoms with Gasteiger partial charge in [-0.1, -0.05) is 50.2 Å². The van der Waals surface area contributed by atoms with Gasteiger partial charge >= 0.3 is 0 Å². The quantitative estimate of drug-likeness (QED) is 0.774. The van der Waals surface area contributed by atoms with Crippen LogP contribution in [0.1, 0.15) is 36.6 Å². The zero-order valence-corrected chi connectivity index (χ0v) is 14.7. The summed E-state index contributed by atoms with van der Waals surface area (Å²) in [6.07, 6.45) is 0. The first kappa shape index (κ1) is 19.1. The smallest absolute Gasteiger partial charge is 0.242 e. The van der Waals surface area contributed by atoms with Crippen molar-refractivity contribution in [1.29, 1.82) is 0 Å². The van der Waals surface area contributed by atoms with Gasteiger partial charge in [0.15, 0.2) is 0 Å². The number of hydrogen-bond donors (Lipinski definition) is 2. The van der Waals surface area contributed by atoms with Crippen LogP contribution in [0, 0.1) is 5.82 Å². The van der Waals surface area contributed by atoms with Crippen LogP contribution in [0.15, 0.2) is 48.5 Å². The van der Waals surface area contributed by atoms with E-state index in [1.165, 1.54) is 6.07 Å². The maximum Gasteiger partial charge on any atom is 0.242 e. The lowest BCUT2D eigenvalue weighted by molar-refractivity contribution is -0.126. The minimum Gasteiger partial charge on any atom is -0.392 e. The molecule has 1 amide bonds. The summed E-state index contributed by atoms with van der Waals surface area (Å²) in [5.41, 5.74) is 1.93. The third-order valence-corrected chi connectivity index (χ3v) is 4.29. The van der Waals surface area contributed by atoms with Gasteiger partial charge in [0.1, 0.15) is 11.9 Å². The number of halogens is 1. The van der Waals surface area contributed by atoms with Crippen molar-refractivity contribution in [3.63, 3.8) is 0 Å². The number of likely N-dealkylation sites (N-methyl/N-ethyl adjacent to an activating group) is 1. The number of hydrogen-bond acceptors (Lipinski definition) is 3. The van der Waals surface area contributed by atoms with Gasteiger partial charge in [0, 0.05) is 12.1 Å². The molecule has 1 atom stereocenters. The Morgan fingerprint density at radius 2 is 1.84 bits per heavy atom. The second-order valence-corrected chi connectivity index (χ2v) is 5.84. The predicted octanol–water partition coefficient (Wildman–Crippen LogP) is 3.02. The van der Waals surface area contributed by atoms with Crippen molar-refractivity contribution < 1.29 is 14.3 Å². The second-order valence-electron chi connectivity index (χ2n) is 5.84. The number of aliphatic hydroxyl groups is 1. The lowest BCUT2D eigenvalue weighted by Gasteiger charge is -2.29. The van der Waals surface area contributed by atoms with Crippen LogP contribution in [0.4, 0.5) is 4.39 Å². The van der Waals surface area contributed by atoms with Crippen molar-refractivity contribution in [3.05, 3.63) is 71.0 Å². The van der Waals surface area contributed by atoms with Gasteiger partial charge in [0.2, 0.25) is 5.91 Å². The Labute approximate surface area is 148 Å². The molecule has 5 heteroatoms. The molecular formula is C20H25FN2O2. The summed E-state index contributed by atoms with van der Waals surface area (Å²) >= 11 is 0. The molecule has 0 aliphatic rings. The van der Waals surface area contributed by atoms with Crippen molar-refractivity contribution in [1.82, 2.24) is 10.2 Å². The molecule has 25 heavy (non-hydrogen) atoms. The first-order valence-corrected chi connectivity index (χ1v) is 8.55. The highest BCUT2D eigenvalue weighted by atomic mass is 19.1. The molecule has 0 saturated carbocycles. The summed E-state index contributed by atoms with van der Waals surface area (Å²) in [7, 11) is 0. The molecule has 4 nitrogen and oxygen atoms in total. The molecule has 0 saturated heterocycles. The van der Waals surface area contributed by atoms with E-state index in [1.807, 2.05) is 44.2 Å². The molecule has 0 spiro atoms. The molecule has 0 aliphatic carbocycles. The number of benzene rings is 2. The first-order valence-electron chi connectivity index (χ1n) is 8.55. The van der Waals surface area contributed by atoms with Crippen LogP contribution in [-0.2, 0) is 17.9 Å². The van der Waals surface area contributed by atoms with E-state index in [0.717, 1.165) is 24.2 Å². The Morgan fingerprint density at radius 3 is 2.44 bits per heavy atom. The summed E-state index contributed by atoms with van der Waals surface area (Å²) in [6.45, 7) is 5.50. The van der Waals surface area contributed by atoms with Gasteiger partial charge < -0.3 is 10.4 Å². The average Bonchev–Trinajstić information content (AvgIpc) is 2.65. The minimum absolute atomic E-state index is 0.0928. The summed E-state index contributed by atoms with van der Waals surface area (Å²) in [5, 5.41) is 12.1. The maximum atomic E-state index is 13.5. The van der Waals surface area contributed by atoms with Crippen molar-refractivity contribution >= 4 is 5.91 Å². The molecule has 0 aromatic heterocycles. The van der Waals surface area contributed by atoms with Crippen molar-refractivity contribution in [2.45, 2.75) is 33.0 Å². The summed E-state index contributed by atoms with van der Waals surface area (Å²) in [6, 6.07) is 13.8. The van der Waals surface area contributed by atoms with Gasteiger partial charge in [-0.2, -0.15) is 0 Å². The zero-order chi connectivity index (χ0) is 18.2. The van der Waals surface area contributed by atoms with E-state index in [0.29, 0.717) is 0 Å². The van der Waals surface area contributed by atoms with Gasteiger partial charge in [-0.05, 0) is 36.3 Å². The number of nitrogens with zero attached hydrogens (tertiary/aromatic N) is 1. The SMILES string of the molecule is CCN(CC)C(C(=O)NCc1ccc(F)c(CO)c1)c1ccccc1. The molecule has 0 bridgehead atoms. The predicted molar refractivity (Wildman–Crippen MR) is 96.3 cm³/mol. The first-order chi connectivity index (χ1) is 12.1. The van der Waals surface area contributed by atoms with Gasteiger partial charge in [-0.3, -0.25) is 9.69 Å². The van der Waals surface area contributed by atoms with Crippen LogP contribution in [0.25, 0.3) is 0 Å². The summed E-state index contributed by atoms with van der Waals surface area (Å²) in [4.78, 5) is 14.9. The van der Waals surface area contributed by atoms with Crippen molar-refractivity contribution in [3.8, 4) is 0 Å². The van der Waals surface area contributed by atoms with Crippen LogP contribution in [0.3, 0.4) is 0 Å². The molecule has 1 unspecified atom stereocenters. The molecule has 2 aromatic rings. The van der Waals surface area contributed by atoms with E-state index in [9.17, 15) is 9.18 Å². The Balaban J connectivity index is 2.14. The molecule has 0 fully saturated rings. The van der Waals surface area contributed by atoms with E-state index >= 15 is 0 Å². The fraction of sp³-hybridized carbons (Fsp3) is 0.350. The van der Waals surface area contributed by atoms with Gasteiger partial charge in [-0.15, -0.1) is 0 Å². The van der Waals surface area contributed by atoms with E-state index < -0.39 is 5.82 Å². The highest BCUT2D eigenvalue weighted by Gasteiger charge is 2.25. The largest absolute Gasteiger partial charge is 0.392 e. The normalized spacial score (nSPS) is 12.2. The van der Waals surface area contributed by atoms with E-state index in [1.54, 1.807) is 12.1 Å². The lowest BCUT2D eigenvalue weighted by atomic mass is 10.0. The Bertz CT molecular complexity index is 687. The average molecular weight is 344 g/mol. The van der Waals surface area contributed by atoms with Gasteiger partial charge in [0.05, 0.1) is 6.61 Å². The molecule has 0 radical (unpaired) electrons. The Morgan fingerprint density at radius 1 is 1.16 bits per heavy atom. The minimum atomic E-state index is -0.442. The second kappa shape index (κ2) is 9.30. The fourth-order valence-electron chi connectivity index (χ4n) is 2.90. The lowest BCUT2D eigenvalue weighted by Crippen LogP contribution is -2.40. The third kappa shape index (κ3) is 4.87. The van der Waals surface area contributed by atoms with E-state index in [-0.39, 0.29) is 30.7 Å². The zero-order valence-electron chi connectivity index (χ0n) is 14.7. The molecular weight excluding hydrogens is 319 g/mol. The number of aliphatic hydroxyl groups excluding tert-OH is 1. The Hall–Kier alpha value is -2.24. The molecule has 0 aliphatic heterocycles. The molecule has 2 N–H and O–H groups in total. The number of nitrogens with one attached hydrogen (secondary N) is 1.